The van der Waals surface area contributed by atoms with E-state index in [4.69, 9.17) is 0 Å². The van der Waals surface area contributed by atoms with E-state index in [1.54, 1.807) is 0 Å². The van der Waals surface area contributed by atoms with Gasteiger partial charge < -0.3 is 5.32 Å². The summed E-state index contributed by atoms with van der Waals surface area (Å²) >= 11 is 0. The molecule has 0 saturated carbocycles. The first-order chi connectivity index (χ1) is 8.61. The van der Waals surface area contributed by atoms with Gasteiger partial charge >= 0.3 is 0 Å². The van der Waals surface area contributed by atoms with Crippen molar-refractivity contribution in [2.75, 3.05) is 6.67 Å². The van der Waals surface area contributed by atoms with Crippen molar-refractivity contribution in [1.29, 1.82) is 0 Å². The fourth-order valence-corrected chi connectivity index (χ4v) is 2.49. The van der Waals surface area contributed by atoms with Crippen molar-refractivity contribution in [3.8, 4) is 0 Å². The quantitative estimate of drug-likeness (QED) is 0.810. The summed E-state index contributed by atoms with van der Waals surface area (Å²) in [6.07, 6.45) is 8.09. The molecule has 94 valence electrons. The summed E-state index contributed by atoms with van der Waals surface area (Å²) in [5, 5.41) is 2.77. The molecule has 0 bridgehead atoms. The summed E-state index contributed by atoms with van der Waals surface area (Å²) < 4.78 is 12.8. The van der Waals surface area contributed by atoms with Crippen LogP contribution in [0.25, 0.3) is 0 Å². The Morgan fingerprint density at radius 2 is 2.22 bits per heavy atom. The minimum absolute atomic E-state index is 0.0991. The van der Waals surface area contributed by atoms with E-state index >= 15 is 0 Å². The lowest BCUT2D eigenvalue weighted by molar-refractivity contribution is -0.118. The molecule has 1 amide bonds. The number of nitrogens with one attached hydrogen (secondary N) is 1. The van der Waals surface area contributed by atoms with Gasteiger partial charge in [-0.25, -0.2) is 4.39 Å². The maximum atomic E-state index is 12.8. The molecule has 0 fully saturated rings. The second-order valence-corrected chi connectivity index (χ2v) is 5.38. The molecular weight excluding hydrogens is 229 g/mol. The Labute approximate surface area is 106 Å². The zero-order valence-electron chi connectivity index (χ0n) is 10.5. The second kappa shape index (κ2) is 3.94. The van der Waals surface area contributed by atoms with Gasteiger partial charge in [0.1, 0.15) is 6.67 Å². The number of hydrogen-bond donors (Lipinski definition) is 1. The van der Waals surface area contributed by atoms with Crippen LogP contribution >= 0.6 is 0 Å². The highest BCUT2D eigenvalue weighted by Crippen LogP contribution is 2.51. The van der Waals surface area contributed by atoms with Crippen molar-refractivity contribution in [3.63, 3.8) is 0 Å². The summed E-state index contributed by atoms with van der Waals surface area (Å²) in [7, 11) is 0. The van der Waals surface area contributed by atoms with Crippen LogP contribution in [0.2, 0.25) is 0 Å². The standard InChI is InChI=1S/C15H16FNO/c1-8(2)14(7-16)17-15(18)11-4-3-10-12-5-9(12)6-13(10)11/h3-6,8,12,14H,7H2,1-2H3,(H,17,18)/t12?,14-/m1/s1. The Balaban J connectivity index is 1.71. The van der Waals surface area contributed by atoms with Crippen molar-refractivity contribution < 1.29 is 9.18 Å². The fourth-order valence-electron chi connectivity index (χ4n) is 2.49. The van der Waals surface area contributed by atoms with Gasteiger partial charge in [0.25, 0.3) is 5.91 Å². The SMILES string of the molecule is CC(C)[C@@H](CF)NC(=O)C1=CC=C2C1=CC1=CC12. The monoisotopic (exact) mass is 245 g/mol. The van der Waals surface area contributed by atoms with E-state index < -0.39 is 12.7 Å². The minimum atomic E-state index is -0.524. The summed E-state index contributed by atoms with van der Waals surface area (Å²) in [6, 6.07) is -0.404. The maximum absolute atomic E-state index is 12.8. The van der Waals surface area contributed by atoms with Crippen molar-refractivity contribution in [3.05, 3.63) is 46.6 Å². The molecule has 0 aromatic carbocycles. The number of rotatable bonds is 4. The third-order valence-corrected chi connectivity index (χ3v) is 3.82. The van der Waals surface area contributed by atoms with E-state index in [0.717, 1.165) is 5.57 Å². The molecule has 2 atom stereocenters. The highest BCUT2D eigenvalue weighted by Gasteiger charge is 2.39. The number of amides is 1. The van der Waals surface area contributed by atoms with E-state index in [9.17, 15) is 9.18 Å². The second-order valence-electron chi connectivity index (χ2n) is 5.38. The number of alkyl halides is 1. The average Bonchev–Trinajstić information content (AvgIpc) is 2.83. The molecule has 1 unspecified atom stereocenters. The highest BCUT2D eigenvalue weighted by atomic mass is 19.1. The Kier molecular flexibility index (Phi) is 2.51. The van der Waals surface area contributed by atoms with Crippen LogP contribution in [-0.4, -0.2) is 18.6 Å². The van der Waals surface area contributed by atoms with E-state index in [0.29, 0.717) is 11.5 Å². The number of fused-ring (bicyclic) bond motifs is 3. The first-order valence-corrected chi connectivity index (χ1v) is 6.34. The molecule has 0 radical (unpaired) electrons. The summed E-state index contributed by atoms with van der Waals surface area (Å²) in [6.45, 7) is 3.29. The number of hydrogen-bond acceptors (Lipinski definition) is 1. The zero-order chi connectivity index (χ0) is 12.9. The molecular formula is C15H16FNO. The topological polar surface area (TPSA) is 29.1 Å². The van der Waals surface area contributed by atoms with Crippen molar-refractivity contribution >= 4 is 5.91 Å². The third-order valence-electron chi connectivity index (χ3n) is 3.82. The van der Waals surface area contributed by atoms with Gasteiger partial charge in [0, 0.05) is 11.5 Å². The fraction of sp³-hybridized carbons (Fsp3) is 0.400. The van der Waals surface area contributed by atoms with Crippen LogP contribution in [0.4, 0.5) is 4.39 Å². The predicted octanol–water partition coefficient (Wildman–Crippen LogP) is 2.46. The van der Waals surface area contributed by atoms with Crippen LogP contribution in [0.5, 0.6) is 0 Å². The normalized spacial score (nSPS) is 24.8. The molecule has 3 heteroatoms. The van der Waals surface area contributed by atoms with Crippen molar-refractivity contribution in [1.82, 2.24) is 5.32 Å². The lowest BCUT2D eigenvalue weighted by atomic mass is 10.0. The van der Waals surface area contributed by atoms with Crippen molar-refractivity contribution in [2.45, 2.75) is 19.9 Å². The molecule has 2 nitrogen and oxygen atoms in total. The first-order valence-electron chi connectivity index (χ1n) is 6.34. The largest absolute Gasteiger partial charge is 0.346 e. The molecule has 1 N–H and O–H groups in total. The van der Waals surface area contributed by atoms with Gasteiger partial charge in [0.15, 0.2) is 0 Å². The zero-order valence-corrected chi connectivity index (χ0v) is 10.5. The molecule has 0 heterocycles. The number of carbonyl (C=O) groups is 1. The van der Waals surface area contributed by atoms with Gasteiger partial charge in [-0.05, 0) is 34.8 Å². The van der Waals surface area contributed by atoms with Gasteiger partial charge in [-0.15, -0.1) is 0 Å². The number of carbonyl (C=O) groups excluding carboxylic acids is 1. The minimum Gasteiger partial charge on any atom is -0.346 e. The van der Waals surface area contributed by atoms with Gasteiger partial charge in [-0.2, -0.15) is 0 Å². The molecule has 3 aliphatic rings. The lowest BCUT2D eigenvalue weighted by Gasteiger charge is -2.19. The summed E-state index contributed by atoms with van der Waals surface area (Å²) in [5.74, 6) is 0.386. The number of halogens is 1. The third kappa shape index (κ3) is 1.65. The average molecular weight is 245 g/mol. The van der Waals surface area contributed by atoms with E-state index in [2.05, 4.69) is 17.5 Å². The highest BCUT2D eigenvalue weighted by molar-refractivity contribution is 6.02. The van der Waals surface area contributed by atoms with Crippen LogP contribution in [0.15, 0.2) is 46.6 Å². The molecule has 18 heavy (non-hydrogen) atoms. The van der Waals surface area contributed by atoms with Crippen molar-refractivity contribution in [2.24, 2.45) is 11.8 Å². The molecule has 0 aromatic rings. The Morgan fingerprint density at radius 1 is 1.44 bits per heavy atom. The van der Waals surface area contributed by atoms with Gasteiger partial charge in [0.05, 0.1) is 6.04 Å². The van der Waals surface area contributed by atoms with Gasteiger partial charge in [-0.3, -0.25) is 4.79 Å². The van der Waals surface area contributed by atoms with Crippen LogP contribution in [-0.2, 0) is 4.79 Å². The molecule has 0 spiro atoms. The lowest BCUT2D eigenvalue weighted by Crippen LogP contribution is -2.40. The Bertz CT molecular complexity index is 537. The molecule has 0 saturated heterocycles. The van der Waals surface area contributed by atoms with Gasteiger partial charge in [-0.1, -0.05) is 26.0 Å². The van der Waals surface area contributed by atoms with Crippen LogP contribution in [0, 0.1) is 11.8 Å². The Hall–Kier alpha value is -1.64. The van der Waals surface area contributed by atoms with E-state index in [1.165, 1.54) is 11.1 Å². The molecule has 0 aromatic heterocycles. The van der Waals surface area contributed by atoms with Gasteiger partial charge in [0.2, 0.25) is 0 Å². The molecule has 3 aliphatic carbocycles. The Morgan fingerprint density at radius 3 is 2.89 bits per heavy atom. The molecule has 3 rings (SSSR count). The van der Waals surface area contributed by atoms with E-state index in [-0.39, 0.29) is 11.8 Å². The van der Waals surface area contributed by atoms with Crippen LogP contribution < -0.4 is 5.32 Å². The maximum Gasteiger partial charge on any atom is 0.252 e. The predicted molar refractivity (Wildman–Crippen MR) is 68.6 cm³/mol. The number of allylic oxidation sites excluding steroid dienone is 6. The van der Waals surface area contributed by atoms with Crippen LogP contribution in [0.1, 0.15) is 13.8 Å². The first kappa shape index (κ1) is 11.5. The summed E-state index contributed by atoms with van der Waals surface area (Å²) in [4.78, 5) is 12.1. The molecule has 0 aliphatic heterocycles. The van der Waals surface area contributed by atoms with Crippen LogP contribution in [0.3, 0.4) is 0 Å². The smallest absolute Gasteiger partial charge is 0.252 e. The van der Waals surface area contributed by atoms with E-state index in [1.807, 2.05) is 26.0 Å². The summed E-state index contributed by atoms with van der Waals surface area (Å²) in [5.41, 5.74) is 4.23.